The van der Waals surface area contributed by atoms with Gasteiger partial charge in [0.05, 0.1) is 16.5 Å². The number of hydrogen-bond donors (Lipinski definition) is 2. The Labute approximate surface area is 175 Å². The average Bonchev–Trinajstić information content (AvgIpc) is 3.12. The summed E-state index contributed by atoms with van der Waals surface area (Å²) in [5.41, 5.74) is 2.63. The number of hydrogen-bond acceptors (Lipinski definition) is 6. The molecule has 2 amide bonds. The summed E-state index contributed by atoms with van der Waals surface area (Å²) in [7, 11) is 0. The van der Waals surface area contributed by atoms with E-state index in [4.69, 9.17) is 11.6 Å². The van der Waals surface area contributed by atoms with Crippen molar-refractivity contribution in [1.29, 1.82) is 0 Å². The minimum absolute atomic E-state index is 0.141. The van der Waals surface area contributed by atoms with Crippen molar-refractivity contribution in [3.8, 4) is 10.6 Å². The number of nitrogens with one attached hydrogen (secondary N) is 2. The second-order valence-electron chi connectivity index (χ2n) is 5.85. The van der Waals surface area contributed by atoms with Crippen LogP contribution in [0.3, 0.4) is 0 Å². The van der Waals surface area contributed by atoms with E-state index in [0.717, 1.165) is 16.8 Å². The van der Waals surface area contributed by atoms with Gasteiger partial charge in [-0.05, 0) is 25.1 Å². The third-order valence-electron chi connectivity index (χ3n) is 3.58. The van der Waals surface area contributed by atoms with Crippen LogP contribution in [0.25, 0.3) is 10.6 Å². The predicted molar refractivity (Wildman–Crippen MR) is 116 cm³/mol. The summed E-state index contributed by atoms with van der Waals surface area (Å²) in [5, 5.41) is 15.1. The number of amides is 2. The fourth-order valence-corrected chi connectivity index (χ4v) is 3.94. The fraction of sp³-hybridized carbons (Fsp3) is 0.158. The summed E-state index contributed by atoms with van der Waals surface area (Å²) >= 11 is 8.62. The molecular formula is C19H17ClN4O2S2. The zero-order valence-corrected chi connectivity index (χ0v) is 17.3. The summed E-state index contributed by atoms with van der Waals surface area (Å²) in [6.07, 6.45) is 0. The summed E-state index contributed by atoms with van der Waals surface area (Å²) in [5.74, 6) is -0.0708. The Morgan fingerprint density at radius 2 is 1.68 bits per heavy atom. The third-order valence-corrected chi connectivity index (χ3v) is 5.71. The van der Waals surface area contributed by atoms with Gasteiger partial charge in [-0.25, -0.2) is 0 Å². The Morgan fingerprint density at radius 3 is 2.39 bits per heavy atom. The van der Waals surface area contributed by atoms with Crippen molar-refractivity contribution in [3.05, 3.63) is 59.1 Å². The van der Waals surface area contributed by atoms with E-state index >= 15 is 0 Å². The molecule has 0 aliphatic heterocycles. The largest absolute Gasteiger partial charge is 0.325 e. The van der Waals surface area contributed by atoms with Crippen LogP contribution in [0.1, 0.15) is 5.56 Å². The summed E-state index contributed by atoms with van der Waals surface area (Å²) in [6, 6.07) is 14.9. The molecule has 0 fully saturated rings. The third kappa shape index (κ3) is 5.79. The molecule has 144 valence electrons. The molecule has 2 N–H and O–H groups in total. The molecule has 0 spiro atoms. The van der Waals surface area contributed by atoms with E-state index in [2.05, 4.69) is 20.8 Å². The van der Waals surface area contributed by atoms with Crippen LogP contribution in [0.5, 0.6) is 0 Å². The van der Waals surface area contributed by atoms with E-state index in [1.807, 2.05) is 49.4 Å². The molecule has 3 rings (SSSR count). The summed E-state index contributed by atoms with van der Waals surface area (Å²) < 4.78 is 0. The number of carbonyl (C=O) groups excluding carboxylic acids is 2. The molecule has 0 bridgehead atoms. The van der Waals surface area contributed by atoms with Gasteiger partial charge >= 0.3 is 0 Å². The van der Waals surface area contributed by atoms with Gasteiger partial charge in [0.1, 0.15) is 0 Å². The van der Waals surface area contributed by atoms with Crippen molar-refractivity contribution in [2.24, 2.45) is 0 Å². The number of halogens is 1. The first-order valence-corrected chi connectivity index (χ1v) is 10.7. The zero-order valence-electron chi connectivity index (χ0n) is 14.9. The lowest BCUT2D eigenvalue weighted by Gasteiger charge is -2.05. The maximum atomic E-state index is 12.1. The van der Waals surface area contributed by atoms with Crippen molar-refractivity contribution in [2.45, 2.75) is 6.92 Å². The first-order chi connectivity index (χ1) is 13.5. The summed E-state index contributed by atoms with van der Waals surface area (Å²) in [4.78, 5) is 24.0. The van der Waals surface area contributed by atoms with Crippen molar-refractivity contribution in [1.82, 2.24) is 10.2 Å². The number of aryl methyl sites for hydroxylation is 1. The molecule has 9 heteroatoms. The molecule has 0 aliphatic carbocycles. The van der Waals surface area contributed by atoms with Gasteiger partial charge in [0.2, 0.25) is 16.9 Å². The maximum absolute atomic E-state index is 12.1. The number of anilines is 2. The molecule has 0 saturated heterocycles. The highest BCUT2D eigenvalue weighted by Crippen LogP contribution is 2.31. The SMILES string of the molecule is Cc1ccc(NC(=O)CSCC(=O)Nc2nnc(-c3ccccc3Cl)s2)cc1. The summed E-state index contributed by atoms with van der Waals surface area (Å²) in [6.45, 7) is 1.98. The van der Waals surface area contributed by atoms with Crippen LogP contribution >= 0.6 is 34.7 Å². The van der Waals surface area contributed by atoms with Gasteiger partial charge in [0, 0.05) is 11.3 Å². The van der Waals surface area contributed by atoms with Crippen LogP contribution in [-0.2, 0) is 9.59 Å². The lowest BCUT2D eigenvalue weighted by atomic mass is 10.2. The molecule has 28 heavy (non-hydrogen) atoms. The number of nitrogens with zero attached hydrogens (tertiary/aromatic N) is 2. The van der Waals surface area contributed by atoms with E-state index in [1.165, 1.54) is 23.1 Å². The van der Waals surface area contributed by atoms with Crippen molar-refractivity contribution < 1.29 is 9.59 Å². The van der Waals surface area contributed by atoms with Crippen molar-refractivity contribution in [3.63, 3.8) is 0 Å². The molecule has 2 aromatic carbocycles. The Morgan fingerprint density at radius 1 is 1.00 bits per heavy atom. The van der Waals surface area contributed by atoms with Crippen LogP contribution in [0.2, 0.25) is 5.02 Å². The van der Waals surface area contributed by atoms with Gasteiger partial charge in [-0.1, -0.05) is 58.8 Å². The van der Waals surface area contributed by atoms with Crippen LogP contribution in [0.15, 0.2) is 48.5 Å². The van der Waals surface area contributed by atoms with Crippen LogP contribution in [0, 0.1) is 6.92 Å². The Hall–Kier alpha value is -2.42. The minimum Gasteiger partial charge on any atom is -0.325 e. The van der Waals surface area contributed by atoms with Gasteiger partial charge in [0.15, 0.2) is 5.01 Å². The Bertz CT molecular complexity index is 976. The molecule has 1 aromatic heterocycles. The first-order valence-electron chi connectivity index (χ1n) is 8.34. The molecule has 1 heterocycles. The van der Waals surface area contributed by atoms with E-state index in [-0.39, 0.29) is 23.3 Å². The smallest absolute Gasteiger partial charge is 0.236 e. The monoisotopic (exact) mass is 432 g/mol. The number of carbonyl (C=O) groups is 2. The van der Waals surface area contributed by atoms with Gasteiger partial charge in [-0.3, -0.25) is 14.9 Å². The molecule has 0 atom stereocenters. The number of benzene rings is 2. The van der Waals surface area contributed by atoms with Gasteiger partial charge < -0.3 is 5.32 Å². The second-order valence-corrected chi connectivity index (χ2v) is 8.22. The van der Waals surface area contributed by atoms with E-state index < -0.39 is 0 Å². The molecule has 3 aromatic rings. The minimum atomic E-state index is -0.241. The lowest BCUT2D eigenvalue weighted by molar-refractivity contribution is -0.114. The van der Waals surface area contributed by atoms with Gasteiger partial charge in [-0.15, -0.1) is 22.0 Å². The highest BCUT2D eigenvalue weighted by atomic mass is 35.5. The standard InChI is InChI=1S/C19H17ClN4O2S2/c1-12-6-8-13(9-7-12)21-16(25)10-27-11-17(26)22-19-24-23-18(28-19)14-4-2-3-5-15(14)20/h2-9H,10-11H2,1H3,(H,21,25)(H,22,24,26). The molecule has 0 unspecified atom stereocenters. The normalized spacial score (nSPS) is 10.5. The van der Waals surface area contributed by atoms with Gasteiger partial charge in [-0.2, -0.15) is 0 Å². The number of aromatic nitrogens is 2. The average molecular weight is 433 g/mol. The fourth-order valence-electron chi connectivity index (χ4n) is 2.24. The highest BCUT2D eigenvalue weighted by Gasteiger charge is 2.12. The Kier molecular flexibility index (Phi) is 7.02. The van der Waals surface area contributed by atoms with Crippen LogP contribution in [0.4, 0.5) is 10.8 Å². The van der Waals surface area contributed by atoms with Crippen LogP contribution in [-0.4, -0.2) is 33.5 Å². The quantitative estimate of drug-likeness (QED) is 0.575. The molecular weight excluding hydrogens is 416 g/mol. The van der Waals surface area contributed by atoms with E-state index in [1.54, 1.807) is 6.07 Å². The number of rotatable bonds is 7. The molecule has 0 radical (unpaired) electrons. The maximum Gasteiger partial charge on any atom is 0.236 e. The predicted octanol–water partition coefficient (Wildman–Crippen LogP) is 4.48. The Balaban J connectivity index is 1.44. The van der Waals surface area contributed by atoms with E-state index in [0.29, 0.717) is 15.2 Å². The number of thioether (sulfide) groups is 1. The van der Waals surface area contributed by atoms with Crippen molar-refractivity contribution in [2.75, 3.05) is 22.1 Å². The zero-order chi connectivity index (χ0) is 19.9. The molecule has 6 nitrogen and oxygen atoms in total. The van der Waals surface area contributed by atoms with E-state index in [9.17, 15) is 9.59 Å². The topological polar surface area (TPSA) is 84.0 Å². The van der Waals surface area contributed by atoms with Crippen molar-refractivity contribution >= 4 is 57.3 Å². The van der Waals surface area contributed by atoms with Crippen LogP contribution < -0.4 is 10.6 Å². The highest BCUT2D eigenvalue weighted by molar-refractivity contribution is 8.00. The molecule has 0 saturated carbocycles. The van der Waals surface area contributed by atoms with Gasteiger partial charge in [0.25, 0.3) is 0 Å². The second kappa shape index (κ2) is 9.68. The first kappa shape index (κ1) is 20.3. The lowest BCUT2D eigenvalue weighted by Crippen LogP contribution is -2.18. The molecule has 0 aliphatic rings.